The van der Waals surface area contributed by atoms with Gasteiger partial charge in [-0.15, -0.1) is 11.3 Å². The third-order valence-electron chi connectivity index (χ3n) is 2.49. The average Bonchev–Trinajstić information content (AvgIpc) is 3.16. The van der Waals surface area contributed by atoms with Crippen LogP contribution in [-0.2, 0) is 25.6 Å². The molecule has 104 valence electrons. The SMILES string of the molecule is O=C(OCc1coc(-c2cccs2)n1)C1=COCCO1. The van der Waals surface area contributed by atoms with Crippen molar-refractivity contribution in [2.75, 3.05) is 13.2 Å². The second-order valence-corrected chi connectivity index (χ2v) is 4.85. The maximum absolute atomic E-state index is 11.7. The maximum Gasteiger partial charge on any atom is 0.377 e. The molecule has 3 rings (SSSR count). The Bertz CT molecular complexity index is 617. The fourth-order valence-corrected chi connectivity index (χ4v) is 2.23. The Morgan fingerprint density at radius 1 is 1.45 bits per heavy atom. The van der Waals surface area contributed by atoms with Gasteiger partial charge in [0.15, 0.2) is 0 Å². The molecule has 20 heavy (non-hydrogen) atoms. The molecule has 0 N–H and O–H groups in total. The highest BCUT2D eigenvalue weighted by Gasteiger charge is 2.17. The fourth-order valence-electron chi connectivity index (χ4n) is 1.57. The summed E-state index contributed by atoms with van der Waals surface area (Å²) in [5.74, 6) is 0.00566. The summed E-state index contributed by atoms with van der Waals surface area (Å²) in [6.07, 6.45) is 2.72. The van der Waals surface area contributed by atoms with Crippen LogP contribution in [0.4, 0.5) is 0 Å². The predicted octanol–water partition coefficient (Wildman–Crippen LogP) is 2.33. The number of aromatic nitrogens is 1. The summed E-state index contributed by atoms with van der Waals surface area (Å²) < 4.78 is 20.5. The van der Waals surface area contributed by atoms with E-state index in [4.69, 9.17) is 18.6 Å². The highest BCUT2D eigenvalue weighted by molar-refractivity contribution is 7.13. The molecule has 0 saturated carbocycles. The van der Waals surface area contributed by atoms with Gasteiger partial charge in [-0.1, -0.05) is 6.07 Å². The van der Waals surface area contributed by atoms with Crippen molar-refractivity contribution in [1.29, 1.82) is 0 Å². The van der Waals surface area contributed by atoms with Crippen molar-refractivity contribution in [3.8, 4) is 10.8 Å². The second kappa shape index (κ2) is 5.79. The van der Waals surface area contributed by atoms with Crippen molar-refractivity contribution >= 4 is 17.3 Å². The Hall–Kier alpha value is -2.28. The monoisotopic (exact) mass is 293 g/mol. The van der Waals surface area contributed by atoms with E-state index in [0.717, 1.165) is 4.88 Å². The second-order valence-electron chi connectivity index (χ2n) is 3.90. The molecule has 0 amide bonds. The van der Waals surface area contributed by atoms with Crippen LogP contribution < -0.4 is 0 Å². The standard InChI is InChI=1S/C13H11NO5S/c15-13(10-8-16-3-4-17-10)19-7-9-6-18-12(14-9)11-2-1-5-20-11/h1-2,5-6,8H,3-4,7H2. The number of carbonyl (C=O) groups is 1. The number of hydrogen-bond donors (Lipinski definition) is 0. The average molecular weight is 293 g/mol. The van der Waals surface area contributed by atoms with Crippen molar-refractivity contribution in [2.45, 2.75) is 6.61 Å². The van der Waals surface area contributed by atoms with Gasteiger partial charge >= 0.3 is 5.97 Å². The zero-order valence-electron chi connectivity index (χ0n) is 10.4. The van der Waals surface area contributed by atoms with Gasteiger partial charge < -0.3 is 18.6 Å². The lowest BCUT2D eigenvalue weighted by Gasteiger charge is -2.13. The van der Waals surface area contributed by atoms with Crippen molar-refractivity contribution in [3.63, 3.8) is 0 Å². The molecule has 0 bridgehead atoms. The van der Waals surface area contributed by atoms with Gasteiger partial charge in [0.1, 0.15) is 38.0 Å². The first-order valence-corrected chi connectivity index (χ1v) is 6.81. The number of carbonyl (C=O) groups excluding carboxylic acids is 1. The topological polar surface area (TPSA) is 70.8 Å². The highest BCUT2D eigenvalue weighted by Crippen LogP contribution is 2.23. The molecule has 0 radical (unpaired) electrons. The van der Waals surface area contributed by atoms with E-state index in [9.17, 15) is 4.79 Å². The number of hydrogen-bond acceptors (Lipinski definition) is 7. The van der Waals surface area contributed by atoms with Gasteiger partial charge in [0, 0.05) is 0 Å². The van der Waals surface area contributed by atoms with E-state index >= 15 is 0 Å². The van der Waals surface area contributed by atoms with E-state index in [1.807, 2.05) is 17.5 Å². The van der Waals surface area contributed by atoms with Crippen LogP contribution in [0.5, 0.6) is 0 Å². The van der Waals surface area contributed by atoms with Crippen LogP contribution in [-0.4, -0.2) is 24.2 Å². The molecule has 0 unspecified atom stereocenters. The third kappa shape index (κ3) is 2.83. The van der Waals surface area contributed by atoms with Crippen molar-refractivity contribution in [1.82, 2.24) is 4.98 Å². The normalized spacial score (nSPS) is 14.1. The van der Waals surface area contributed by atoms with Crippen molar-refractivity contribution < 1.29 is 23.4 Å². The van der Waals surface area contributed by atoms with Crippen molar-refractivity contribution in [2.24, 2.45) is 0 Å². The van der Waals surface area contributed by atoms with Gasteiger partial charge in [-0.3, -0.25) is 0 Å². The number of rotatable bonds is 4. The van der Waals surface area contributed by atoms with Crippen LogP contribution >= 0.6 is 11.3 Å². The molecular formula is C13H11NO5S. The van der Waals surface area contributed by atoms with Crippen molar-refractivity contribution in [3.05, 3.63) is 41.5 Å². The summed E-state index contributed by atoms with van der Waals surface area (Å²) in [5, 5.41) is 1.94. The number of esters is 1. The Morgan fingerprint density at radius 2 is 2.40 bits per heavy atom. The molecule has 0 aliphatic carbocycles. The minimum Gasteiger partial charge on any atom is -0.493 e. The number of thiophene rings is 1. The predicted molar refractivity (Wildman–Crippen MR) is 69.6 cm³/mol. The Labute approximate surface area is 118 Å². The molecular weight excluding hydrogens is 282 g/mol. The first-order chi connectivity index (χ1) is 9.83. The molecule has 0 atom stereocenters. The summed E-state index contributed by atoms with van der Waals surface area (Å²) in [6, 6.07) is 3.82. The van der Waals surface area contributed by atoms with Gasteiger partial charge in [0.25, 0.3) is 0 Å². The minimum absolute atomic E-state index is 0.0222. The van der Waals surface area contributed by atoms with Gasteiger partial charge in [-0.2, -0.15) is 0 Å². The summed E-state index contributed by atoms with van der Waals surface area (Å²) in [5.41, 5.74) is 0.541. The molecule has 0 aromatic carbocycles. The molecule has 6 nitrogen and oxygen atoms in total. The molecule has 1 aliphatic heterocycles. The minimum atomic E-state index is -0.578. The summed E-state index contributed by atoms with van der Waals surface area (Å²) in [6.45, 7) is 0.798. The summed E-state index contributed by atoms with van der Waals surface area (Å²) in [4.78, 5) is 16.8. The van der Waals surface area contributed by atoms with Crippen LogP contribution in [0.25, 0.3) is 10.8 Å². The summed E-state index contributed by atoms with van der Waals surface area (Å²) in [7, 11) is 0. The quantitative estimate of drug-likeness (QED) is 0.806. The lowest BCUT2D eigenvalue weighted by Crippen LogP contribution is -2.17. The largest absolute Gasteiger partial charge is 0.493 e. The van der Waals surface area contributed by atoms with E-state index in [1.165, 1.54) is 23.9 Å². The van der Waals surface area contributed by atoms with Crippen LogP contribution in [0, 0.1) is 0 Å². The van der Waals surface area contributed by atoms with Crippen LogP contribution in [0.2, 0.25) is 0 Å². The first-order valence-electron chi connectivity index (χ1n) is 5.93. The van der Waals surface area contributed by atoms with Gasteiger partial charge in [0.2, 0.25) is 11.6 Å². The van der Waals surface area contributed by atoms with Gasteiger partial charge in [0.05, 0.1) is 4.88 Å². The molecule has 0 spiro atoms. The number of oxazole rings is 1. The number of nitrogens with zero attached hydrogens (tertiary/aromatic N) is 1. The smallest absolute Gasteiger partial charge is 0.377 e. The zero-order valence-corrected chi connectivity index (χ0v) is 11.2. The molecule has 2 aromatic rings. The van der Waals surface area contributed by atoms with Gasteiger partial charge in [-0.25, -0.2) is 9.78 Å². The van der Waals surface area contributed by atoms with E-state index in [0.29, 0.717) is 24.8 Å². The third-order valence-corrected chi connectivity index (χ3v) is 3.34. The first kappa shape index (κ1) is 12.7. The Morgan fingerprint density at radius 3 is 3.15 bits per heavy atom. The summed E-state index contributed by atoms with van der Waals surface area (Å²) >= 11 is 1.53. The van der Waals surface area contributed by atoms with Gasteiger partial charge in [-0.05, 0) is 11.4 Å². The number of ether oxygens (including phenoxy) is 3. The molecule has 7 heteroatoms. The van der Waals surface area contributed by atoms with Crippen LogP contribution in [0.3, 0.4) is 0 Å². The fraction of sp³-hybridized carbons (Fsp3) is 0.231. The molecule has 0 saturated heterocycles. The Balaban J connectivity index is 1.59. The lowest BCUT2D eigenvalue weighted by molar-refractivity contribution is -0.146. The zero-order chi connectivity index (χ0) is 13.8. The van der Waals surface area contributed by atoms with E-state index < -0.39 is 5.97 Å². The molecule has 1 aliphatic rings. The van der Waals surface area contributed by atoms with E-state index in [2.05, 4.69) is 4.98 Å². The highest BCUT2D eigenvalue weighted by atomic mass is 32.1. The Kier molecular flexibility index (Phi) is 3.69. The maximum atomic E-state index is 11.7. The van der Waals surface area contributed by atoms with Crippen LogP contribution in [0.15, 0.2) is 40.2 Å². The van der Waals surface area contributed by atoms with Crippen LogP contribution in [0.1, 0.15) is 5.69 Å². The molecule has 2 aromatic heterocycles. The molecule has 3 heterocycles. The van der Waals surface area contributed by atoms with E-state index in [1.54, 1.807) is 0 Å². The lowest BCUT2D eigenvalue weighted by atomic mass is 10.4. The van der Waals surface area contributed by atoms with E-state index in [-0.39, 0.29) is 12.4 Å². The molecule has 0 fully saturated rings.